The van der Waals surface area contributed by atoms with Gasteiger partial charge in [0, 0.05) is 24.7 Å². The van der Waals surface area contributed by atoms with Crippen molar-refractivity contribution in [1.29, 1.82) is 0 Å². The molecule has 1 aromatic rings. The lowest BCUT2D eigenvalue weighted by atomic mass is 10.1. The fraction of sp³-hybridized carbons (Fsp3) is 0.500. The number of anilines is 1. The fourth-order valence-electron chi connectivity index (χ4n) is 1.96. The third-order valence-corrected chi connectivity index (χ3v) is 2.98. The lowest BCUT2D eigenvalue weighted by Crippen LogP contribution is -2.46. The summed E-state index contributed by atoms with van der Waals surface area (Å²) in [6.07, 6.45) is 0.921. The third kappa shape index (κ3) is 7.31. The molecule has 0 saturated carbocycles. The molecule has 1 aromatic carbocycles. The molecule has 1 rings (SSSR count). The van der Waals surface area contributed by atoms with Crippen LogP contribution in [0.4, 0.5) is 5.69 Å². The maximum absolute atomic E-state index is 12.0. The Morgan fingerprint density at radius 1 is 1.23 bits per heavy atom. The number of benzene rings is 1. The maximum atomic E-state index is 12.0. The minimum atomic E-state index is -0.292. The first-order valence-corrected chi connectivity index (χ1v) is 7.07. The average Bonchev–Trinajstić information content (AvgIpc) is 2.34. The molecule has 2 amide bonds. The normalized spacial score (nSPS) is 10.5. The molecule has 0 spiro atoms. The number of amides is 2. The number of nitrogen functional groups attached to an aromatic ring is 1. The van der Waals surface area contributed by atoms with Crippen LogP contribution in [-0.2, 0) is 16.0 Å². The van der Waals surface area contributed by atoms with Crippen molar-refractivity contribution in [3.63, 3.8) is 0 Å². The van der Waals surface area contributed by atoms with Gasteiger partial charge in [-0.1, -0.05) is 18.2 Å². The summed E-state index contributed by atoms with van der Waals surface area (Å²) >= 11 is 0. The molecule has 0 aromatic heterocycles. The van der Waals surface area contributed by atoms with Crippen LogP contribution in [0.25, 0.3) is 0 Å². The topological polar surface area (TPSA) is 75.4 Å². The van der Waals surface area contributed by atoms with Crippen LogP contribution < -0.4 is 11.1 Å². The first-order valence-electron chi connectivity index (χ1n) is 7.07. The Balaban J connectivity index is 0.00000441. The third-order valence-electron chi connectivity index (χ3n) is 2.98. The molecule has 0 radical (unpaired) electrons. The molecule has 0 aliphatic heterocycles. The highest BCUT2D eigenvalue weighted by molar-refractivity contribution is 5.85. The molecular formula is C16H26ClN3O2. The molecule has 0 fully saturated rings. The van der Waals surface area contributed by atoms with Gasteiger partial charge in [0.05, 0.1) is 6.54 Å². The molecule has 0 bridgehead atoms. The summed E-state index contributed by atoms with van der Waals surface area (Å²) in [5.74, 6) is -0.222. The Hall–Kier alpha value is -1.75. The van der Waals surface area contributed by atoms with E-state index < -0.39 is 0 Å². The molecule has 0 aliphatic rings. The number of carbonyl (C=O) groups excluding carboxylic acids is 2. The number of hydrogen-bond acceptors (Lipinski definition) is 3. The van der Waals surface area contributed by atoms with E-state index in [1.165, 1.54) is 4.90 Å². The van der Waals surface area contributed by atoms with E-state index in [4.69, 9.17) is 5.73 Å². The van der Waals surface area contributed by atoms with E-state index in [-0.39, 0.29) is 36.3 Å². The fourth-order valence-corrected chi connectivity index (χ4v) is 1.96. The van der Waals surface area contributed by atoms with E-state index in [1.54, 1.807) is 7.05 Å². The van der Waals surface area contributed by atoms with Crippen molar-refractivity contribution >= 4 is 29.9 Å². The Bertz CT molecular complexity index is 512. The van der Waals surface area contributed by atoms with Crippen LogP contribution >= 0.6 is 12.4 Å². The average molecular weight is 328 g/mol. The molecule has 6 heteroatoms. The summed E-state index contributed by atoms with van der Waals surface area (Å²) in [6, 6.07) is 7.50. The minimum Gasteiger partial charge on any atom is -0.399 e. The smallest absolute Gasteiger partial charge is 0.240 e. The van der Waals surface area contributed by atoms with Gasteiger partial charge in [0.25, 0.3) is 0 Å². The van der Waals surface area contributed by atoms with Gasteiger partial charge in [-0.2, -0.15) is 0 Å². The highest BCUT2D eigenvalue weighted by Crippen LogP contribution is 2.13. The highest BCUT2D eigenvalue weighted by atomic mass is 35.5. The number of hydrogen-bond donors (Lipinski definition) is 2. The van der Waals surface area contributed by atoms with E-state index in [2.05, 4.69) is 5.32 Å². The van der Waals surface area contributed by atoms with Crippen LogP contribution in [0.1, 0.15) is 32.8 Å². The monoisotopic (exact) mass is 327 g/mol. The zero-order valence-electron chi connectivity index (χ0n) is 13.7. The van der Waals surface area contributed by atoms with E-state index in [0.717, 1.165) is 5.56 Å². The molecule has 0 aliphatic carbocycles. The first-order chi connectivity index (χ1) is 9.69. The molecule has 124 valence electrons. The van der Waals surface area contributed by atoms with Crippen molar-refractivity contribution in [2.75, 3.05) is 19.3 Å². The van der Waals surface area contributed by atoms with Gasteiger partial charge >= 0.3 is 0 Å². The van der Waals surface area contributed by atoms with Crippen molar-refractivity contribution in [2.45, 2.75) is 39.2 Å². The molecule has 22 heavy (non-hydrogen) atoms. The molecule has 5 nitrogen and oxygen atoms in total. The molecule has 0 atom stereocenters. The molecule has 3 N–H and O–H groups in total. The number of rotatable bonds is 5. The molecule has 0 saturated heterocycles. The number of para-hydroxylation sites is 1. The van der Waals surface area contributed by atoms with Gasteiger partial charge < -0.3 is 16.0 Å². The summed E-state index contributed by atoms with van der Waals surface area (Å²) in [7, 11) is 1.64. The SMILES string of the molecule is CN(CC(=O)NC(C)(C)C)C(=O)CCc1ccccc1N.Cl. The molecular weight excluding hydrogens is 302 g/mol. The number of carbonyl (C=O) groups is 2. The second-order valence-corrected chi connectivity index (χ2v) is 6.25. The summed E-state index contributed by atoms with van der Waals surface area (Å²) in [6.45, 7) is 5.79. The molecule has 0 unspecified atom stereocenters. The summed E-state index contributed by atoms with van der Waals surface area (Å²) < 4.78 is 0. The number of nitrogens with one attached hydrogen (secondary N) is 1. The minimum absolute atomic E-state index is 0. The summed E-state index contributed by atoms with van der Waals surface area (Å²) in [4.78, 5) is 25.3. The van der Waals surface area contributed by atoms with Crippen LogP contribution in [0.2, 0.25) is 0 Å². The Labute approximate surface area is 138 Å². The second kappa shape index (κ2) is 8.63. The lowest BCUT2D eigenvalue weighted by molar-refractivity contribution is -0.135. The van der Waals surface area contributed by atoms with Gasteiger partial charge in [-0.3, -0.25) is 9.59 Å². The van der Waals surface area contributed by atoms with Crippen molar-refractivity contribution in [3.05, 3.63) is 29.8 Å². The van der Waals surface area contributed by atoms with Crippen molar-refractivity contribution in [2.24, 2.45) is 0 Å². The van der Waals surface area contributed by atoms with Crippen LogP contribution in [0.3, 0.4) is 0 Å². The highest BCUT2D eigenvalue weighted by Gasteiger charge is 2.17. The predicted molar refractivity (Wildman–Crippen MR) is 92.0 cm³/mol. The van der Waals surface area contributed by atoms with Gasteiger partial charge in [-0.15, -0.1) is 12.4 Å². The number of halogens is 1. The first kappa shape index (κ1) is 20.2. The van der Waals surface area contributed by atoms with Crippen molar-refractivity contribution in [3.8, 4) is 0 Å². The second-order valence-electron chi connectivity index (χ2n) is 6.25. The Morgan fingerprint density at radius 3 is 2.36 bits per heavy atom. The van der Waals surface area contributed by atoms with Crippen LogP contribution in [0.5, 0.6) is 0 Å². The number of likely N-dealkylation sites (N-methyl/N-ethyl adjacent to an activating group) is 1. The standard InChI is InChI=1S/C16H25N3O2.ClH/c1-16(2,3)18-14(20)11-19(4)15(21)10-9-12-7-5-6-8-13(12)17;/h5-8H,9-11,17H2,1-4H3,(H,18,20);1H. The van der Waals surface area contributed by atoms with Crippen molar-refractivity contribution < 1.29 is 9.59 Å². The van der Waals surface area contributed by atoms with E-state index in [0.29, 0.717) is 18.5 Å². The van der Waals surface area contributed by atoms with Gasteiger partial charge in [0.2, 0.25) is 11.8 Å². The Morgan fingerprint density at radius 2 is 1.82 bits per heavy atom. The quantitative estimate of drug-likeness (QED) is 0.812. The molecule has 0 heterocycles. The zero-order valence-corrected chi connectivity index (χ0v) is 14.5. The van der Waals surface area contributed by atoms with E-state index in [9.17, 15) is 9.59 Å². The number of nitrogens with two attached hydrogens (primary N) is 1. The van der Waals surface area contributed by atoms with Gasteiger partial charge in [0.15, 0.2) is 0 Å². The lowest BCUT2D eigenvalue weighted by Gasteiger charge is -2.23. The zero-order chi connectivity index (χ0) is 16.0. The van der Waals surface area contributed by atoms with Crippen molar-refractivity contribution in [1.82, 2.24) is 10.2 Å². The van der Waals surface area contributed by atoms with Crippen LogP contribution in [0, 0.1) is 0 Å². The van der Waals surface area contributed by atoms with Crippen LogP contribution in [-0.4, -0.2) is 35.8 Å². The maximum Gasteiger partial charge on any atom is 0.240 e. The summed E-state index contributed by atoms with van der Waals surface area (Å²) in [5.41, 5.74) is 7.20. The number of nitrogens with zero attached hydrogens (tertiary/aromatic N) is 1. The Kier molecular flexibility index (Phi) is 7.95. The summed E-state index contributed by atoms with van der Waals surface area (Å²) in [5, 5.41) is 2.83. The predicted octanol–water partition coefficient (Wildman–Crippen LogP) is 2.00. The number of aryl methyl sites for hydroxylation is 1. The largest absolute Gasteiger partial charge is 0.399 e. The van der Waals surface area contributed by atoms with Gasteiger partial charge in [-0.25, -0.2) is 0 Å². The van der Waals surface area contributed by atoms with E-state index >= 15 is 0 Å². The van der Waals surface area contributed by atoms with Gasteiger partial charge in [0.1, 0.15) is 0 Å². The van der Waals surface area contributed by atoms with Crippen LogP contribution in [0.15, 0.2) is 24.3 Å². The van der Waals surface area contributed by atoms with Gasteiger partial charge in [-0.05, 0) is 38.8 Å². The van der Waals surface area contributed by atoms with E-state index in [1.807, 2.05) is 45.0 Å².